The van der Waals surface area contributed by atoms with Gasteiger partial charge in [-0.15, -0.1) is 0 Å². The Kier molecular flexibility index (Phi) is 7.34. The number of esters is 1. The zero-order chi connectivity index (χ0) is 20.0. The summed E-state index contributed by atoms with van der Waals surface area (Å²) in [4.78, 5) is 23.1. The molecule has 27 heavy (non-hydrogen) atoms. The molecule has 1 aliphatic heterocycles. The van der Waals surface area contributed by atoms with Gasteiger partial charge in [0.15, 0.2) is 6.61 Å². The maximum Gasteiger partial charge on any atom is 0.332 e. The van der Waals surface area contributed by atoms with E-state index < -0.39 is 28.5 Å². The van der Waals surface area contributed by atoms with Gasteiger partial charge in [-0.3, -0.25) is 4.79 Å². The van der Waals surface area contributed by atoms with Crippen LogP contribution in [-0.2, 0) is 29.1 Å². The lowest BCUT2D eigenvalue weighted by molar-refractivity contribution is -0.150. The molecule has 1 aromatic rings. The van der Waals surface area contributed by atoms with Crippen LogP contribution in [0.5, 0.6) is 0 Å². The third-order valence-corrected chi connectivity index (χ3v) is 6.08. The van der Waals surface area contributed by atoms with Crippen molar-refractivity contribution in [1.29, 1.82) is 0 Å². The lowest BCUT2D eigenvalue weighted by Crippen LogP contribution is -2.42. The lowest BCUT2D eigenvalue weighted by atomic mass is 9.94. The molecule has 1 saturated heterocycles. The molecular formula is C18H26N2O6S. The van der Waals surface area contributed by atoms with Gasteiger partial charge in [0.25, 0.3) is 5.91 Å². The fourth-order valence-corrected chi connectivity index (χ4v) is 4.84. The summed E-state index contributed by atoms with van der Waals surface area (Å²) < 4.78 is 36.5. The van der Waals surface area contributed by atoms with Crippen LogP contribution < -0.4 is 5.32 Å². The Morgan fingerprint density at radius 2 is 1.70 bits per heavy atom. The molecule has 8 nitrogen and oxygen atoms in total. The van der Waals surface area contributed by atoms with Gasteiger partial charge in [0, 0.05) is 25.9 Å². The van der Waals surface area contributed by atoms with Crippen LogP contribution in [0.15, 0.2) is 29.2 Å². The molecule has 1 heterocycles. The number of carbonyl (C=O) groups is 2. The normalized spacial score (nSPS) is 20.9. The molecule has 1 aromatic carbocycles. The molecule has 1 aliphatic rings. The minimum Gasteiger partial charge on any atom is -0.454 e. The number of carbonyl (C=O) groups excluding carboxylic acids is 2. The Morgan fingerprint density at radius 3 is 2.26 bits per heavy atom. The first kappa shape index (κ1) is 21.3. The molecule has 9 heteroatoms. The molecule has 0 radical (unpaired) electrons. The van der Waals surface area contributed by atoms with E-state index in [1.165, 1.54) is 35.7 Å². The number of piperidine rings is 1. The molecule has 1 amide bonds. The van der Waals surface area contributed by atoms with Crippen LogP contribution in [0.2, 0.25) is 0 Å². The SMILES string of the molecule is COCC(=O)OCC(=O)Nc1ccc(S(=O)(=O)N2C[C@@H](C)C[C@H](C)C2)cc1. The monoisotopic (exact) mass is 398 g/mol. The number of rotatable bonds is 7. The van der Waals surface area contributed by atoms with E-state index in [-0.39, 0.29) is 11.5 Å². The fraction of sp³-hybridized carbons (Fsp3) is 0.556. The van der Waals surface area contributed by atoms with E-state index in [1.54, 1.807) is 0 Å². The van der Waals surface area contributed by atoms with Gasteiger partial charge in [-0.1, -0.05) is 13.8 Å². The van der Waals surface area contributed by atoms with Gasteiger partial charge in [-0.05, 0) is 42.5 Å². The first-order valence-electron chi connectivity index (χ1n) is 8.77. The quantitative estimate of drug-likeness (QED) is 0.698. The summed E-state index contributed by atoms with van der Waals surface area (Å²) in [6.45, 7) is 4.46. The zero-order valence-electron chi connectivity index (χ0n) is 15.8. The maximum atomic E-state index is 12.8. The Balaban J connectivity index is 1.97. The molecule has 0 saturated carbocycles. The van der Waals surface area contributed by atoms with Crippen molar-refractivity contribution >= 4 is 27.6 Å². The van der Waals surface area contributed by atoms with Crippen molar-refractivity contribution in [3.8, 4) is 0 Å². The molecule has 0 bridgehead atoms. The minimum atomic E-state index is -3.56. The van der Waals surface area contributed by atoms with Crippen LogP contribution in [0.25, 0.3) is 0 Å². The highest BCUT2D eigenvalue weighted by atomic mass is 32.2. The van der Waals surface area contributed by atoms with E-state index in [2.05, 4.69) is 23.9 Å². The van der Waals surface area contributed by atoms with E-state index in [0.29, 0.717) is 30.6 Å². The maximum absolute atomic E-state index is 12.8. The van der Waals surface area contributed by atoms with Crippen LogP contribution in [0.3, 0.4) is 0 Å². The number of ether oxygens (including phenoxy) is 2. The molecule has 0 spiro atoms. The van der Waals surface area contributed by atoms with Gasteiger partial charge in [0.1, 0.15) is 6.61 Å². The topological polar surface area (TPSA) is 102 Å². The van der Waals surface area contributed by atoms with Crippen LogP contribution in [0, 0.1) is 11.8 Å². The molecule has 0 aliphatic carbocycles. The van der Waals surface area contributed by atoms with Crippen molar-refractivity contribution in [2.75, 3.05) is 38.7 Å². The summed E-state index contributed by atoms with van der Waals surface area (Å²) in [5, 5.41) is 2.55. The summed E-state index contributed by atoms with van der Waals surface area (Å²) in [6, 6.07) is 5.95. The standard InChI is InChI=1S/C18H26N2O6S/c1-13-8-14(2)10-20(9-13)27(23,24)16-6-4-15(5-7-16)19-17(21)11-26-18(22)12-25-3/h4-7,13-14H,8-12H2,1-3H3,(H,19,21)/t13-,14-/m0/s1. The van der Waals surface area contributed by atoms with Crippen LogP contribution in [-0.4, -0.2) is 58.0 Å². The van der Waals surface area contributed by atoms with Crippen molar-refractivity contribution in [2.24, 2.45) is 11.8 Å². The second-order valence-corrected chi connectivity index (χ2v) is 8.87. The van der Waals surface area contributed by atoms with E-state index in [4.69, 9.17) is 4.74 Å². The first-order chi connectivity index (χ1) is 12.7. The number of amides is 1. The Bertz CT molecular complexity index is 753. The van der Waals surface area contributed by atoms with Gasteiger partial charge in [0.05, 0.1) is 4.90 Å². The van der Waals surface area contributed by atoms with Crippen molar-refractivity contribution in [2.45, 2.75) is 25.2 Å². The molecule has 0 unspecified atom stereocenters. The predicted octanol–water partition coefficient (Wildman–Crippen LogP) is 1.48. The van der Waals surface area contributed by atoms with Crippen molar-refractivity contribution in [3.63, 3.8) is 0 Å². The Labute approximate surface area is 159 Å². The molecular weight excluding hydrogens is 372 g/mol. The minimum absolute atomic E-state index is 0.188. The van der Waals surface area contributed by atoms with Gasteiger partial charge < -0.3 is 14.8 Å². The molecule has 0 aromatic heterocycles. The van der Waals surface area contributed by atoms with E-state index in [9.17, 15) is 18.0 Å². The summed E-state index contributed by atoms with van der Waals surface area (Å²) in [5.74, 6) is -0.515. The van der Waals surface area contributed by atoms with Crippen LogP contribution in [0.4, 0.5) is 5.69 Å². The summed E-state index contributed by atoms with van der Waals surface area (Å²) >= 11 is 0. The summed E-state index contributed by atoms with van der Waals surface area (Å²) in [7, 11) is -2.21. The van der Waals surface area contributed by atoms with Gasteiger partial charge in [-0.25, -0.2) is 13.2 Å². The smallest absolute Gasteiger partial charge is 0.332 e. The van der Waals surface area contributed by atoms with Crippen molar-refractivity contribution < 1.29 is 27.5 Å². The first-order valence-corrected chi connectivity index (χ1v) is 10.2. The summed E-state index contributed by atoms with van der Waals surface area (Å²) in [5.41, 5.74) is 0.419. The third-order valence-electron chi connectivity index (χ3n) is 4.24. The number of anilines is 1. The highest BCUT2D eigenvalue weighted by Gasteiger charge is 2.31. The molecule has 150 valence electrons. The Morgan fingerprint density at radius 1 is 1.11 bits per heavy atom. The molecule has 2 rings (SSSR count). The largest absolute Gasteiger partial charge is 0.454 e. The number of sulfonamides is 1. The van der Waals surface area contributed by atoms with Gasteiger partial charge in [-0.2, -0.15) is 4.31 Å². The van der Waals surface area contributed by atoms with E-state index >= 15 is 0 Å². The van der Waals surface area contributed by atoms with Crippen LogP contribution in [0.1, 0.15) is 20.3 Å². The number of benzene rings is 1. The second-order valence-electron chi connectivity index (χ2n) is 6.93. The molecule has 1 N–H and O–H groups in total. The van der Waals surface area contributed by atoms with E-state index in [1.807, 2.05) is 0 Å². The van der Waals surface area contributed by atoms with Gasteiger partial charge in [0.2, 0.25) is 10.0 Å². The zero-order valence-corrected chi connectivity index (χ0v) is 16.6. The number of hydrogen-bond acceptors (Lipinski definition) is 6. The predicted molar refractivity (Wildman–Crippen MR) is 99.6 cm³/mol. The lowest BCUT2D eigenvalue weighted by Gasteiger charge is -2.34. The Hall–Kier alpha value is -1.97. The van der Waals surface area contributed by atoms with Gasteiger partial charge >= 0.3 is 5.97 Å². The van der Waals surface area contributed by atoms with Crippen molar-refractivity contribution in [3.05, 3.63) is 24.3 Å². The number of hydrogen-bond donors (Lipinski definition) is 1. The molecule has 2 atom stereocenters. The average molecular weight is 398 g/mol. The highest BCUT2D eigenvalue weighted by molar-refractivity contribution is 7.89. The average Bonchev–Trinajstić information content (AvgIpc) is 2.60. The highest BCUT2D eigenvalue weighted by Crippen LogP contribution is 2.27. The third kappa shape index (κ3) is 6.02. The number of nitrogens with one attached hydrogen (secondary N) is 1. The second kappa shape index (κ2) is 9.29. The summed E-state index contributed by atoms with van der Waals surface area (Å²) in [6.07, 6.45) is 1.02. The fourth-order valence-electron chi connectivity index (χ4n) is 3.16. The van der Waals surface area contributed by atoms with Crippen LogP contribution >= 0.6 is 0 Å². The number of methoxy groups -OCH3 is 1. The molecule has 1 fully saturated rings. The van der Waals surface area contributed by atoms with E-state index in [0.717, 1.165) is 6.42 Å². The number of nitrogens with zero attached hydrogens (tertiary/aromatic N) is 1. The van der Waals surface area contributed by atoms with Crippen molar-refractivity contribution in [1.82, 2.24) is 4.31 Å².